The molecule has 7 nitrogen and oxygen atoms in total. The van der Waals surface area contributed by atoms with Crippen molar-refractivity contribution in [3.8, 4) is 0 Å². The molecule has 1 aromatic heterocycles. The highest BCUT2D eigenvalue weighted by molar-refractivity contribution is 7.77. The number of fused-ring (bicyclic) bond motifs is 1. The van der Waals surface area contributed by atoms with Crippen LogP contribution >= 0.6 is 12.8 Å². The summed E-state index contributed by atoms with van der Waals surface area (Å²) in [5.41, 5.74) is 16.1. The molecule has 1 aromatic carbocycles. The molecule has 0 saturated carbocycles. The number of anilines is 1. The zero-order valence-electron chi connectivity index (χ0n) is 18.4. The zero-order chi connectivity index (χ0) is 22.5. The number of piperidine rings is 1. The van der Waals surface area contributed by atoms with Crippen LogP contribution in [0.15, 0.2) is 36.6 Å². The van der Waals surface area contributed by atoms with E-state index in [9.17, 15) is 4.79 Å². The highest BCUT2D eigenvalue weighted by Gasteiger charge is 2.23. The third-order valence-electron chi connectivity index (χ3n) is 5.69. The second-order valence-corrected chi connectivity index (χ2v) is 8.69. The Labute approximate surface area is 189 Å². The van der Waals surface area contributed by atoms with E-state index in [4.69, 9.17) is 16.2 Å². The van der Waals surface area contributed by atoms with E-state index in [0.29, 0.717) is 17.4 Å². The molecule has 2 aliphatic heterocycles. The van der Waals surface area contributed by atoms with Gasteiger partial charge in [-0.05, 0) is 55.7 Å². The number of nitrogens with one attached hydrogen (secondary N) is 1. The largest absolute Gasteiger partial charge is 0.403 e. The Balaban J connectivity index is 0.000000628. The van der Waals surface area contributed by atoms with Crippen molar-refractivity contribution < 1.29 is 9.53 Å². The monoisotopic (exact) mass is 443 g/mol. The first-order chi connectivity index (χ1) is 14.8. The van der Waals surface area contributed by atoms with Gasteiger partial charge in [-0.2, -0.15) is 0 Å². The second kappa shape index (κ2) is 10.3. The average Bonchev–Trinajstić information content (AvgIpc) is 3.18. The van der Waals surface area contributed by atoms with Crippen LogP contribution in [0.2, 0.25) is 0 Å². The number of ether oxygens (including phenoxy) is 1. The van der Waals surface area contributed by atoms with Gasteiger partial charge in [0, 0.05) is 50.1 Å². The molecule has 2 aromatic rings. The summed E-state index contributed by atoms with van der Waals surface area (Å²) < 4.78 is 7.49. The molecule has 4 rings (SSSR count). The molecule has 31 heavy (non-hydrogen) atoms. The summed E-state index contributed by atoms with van der Waals surface area (Å²) in [5, 5.41) is 1.06. The lowest BCUT2D eigenvalue weighted by molar-refractivity contribution is 0.0819. The molecule has 0 atom stereocenters. The number of hydrogen-bond donors (Lipinski definition) is 4. The molecule has 168 valence electrons. The maximum Gasteiger partial charge on any atom is 0.250 e. The Morgan fingerprint density at radius 3 is 2.48 bits per heavy atom. The number of benzene rings is 1. The van der Waals surface area contributed by atoms with Gasteiger partial charge in [-0.15, -0.1) is 0 Å². The van der Waals surface area contributed by atoms with E-state index in [-0.39, 0.29) is 0 Å². The molecule has 3 heterocycles. The van der Waals surface area contributed by atoms with E-state index in [1.807, 2.05) is 16.4 Å². The molecule has 0 aliphatic carbocycles. The third-order valence-corrected chi connectivity index (χ3v) is 6.05. The van der Waals surface area contributed by atoms with Gasteiger partial charge in [-0.25, -0.2) is 4.31 Å². The van der Waals surface area contributed by atoms with Crippen LogP contribution in [0.1, 0.15) is 42.2 Å². The summed E-state index contributed by atoms with van der Waals surface area (Å²) in [7, 11) is 1.78. The van der Waals surface area contributed by atoms with Crippen molar-refractivity contribution in [2.75, 3.05) is 38.2 Å². The van der Waals surface area contributed by atoms with Crippen molar-refractivity contribution in [3.63, 3.8) is 0 Å². The molecule has 1 fully saturated rings. The quantitative estimate of drug-likeness (QED) is 0.543. The summed E-state index contributed by atoms with van der Waals surface area (Å²) in [6, 6.07) is 6.03. The van der Waals surface area contributed by atoms with E-state index >= 15 is 0 Å². The van der Waals surface area contributed by atoms with Crippen molar-refractivity contribution >= 4 is 40.9 Å². The van der Waals surface area contributed by atoms with Crippen LogP contribution in [0.3, 0.4) is 0 Å². The number of aromatic nitrogens is 1. The van der Waals surface area contributed by atoms with Crippen LogP contribution in [0.4, 0.5) is 5.69 Å². The minimum absolute atomic E-state index is 0.333. The Bertz CT molecular complexity index is 972. The van der Waals surface area contributed by atoms with E-state index in [2.05, 4.69) is 41.4 Å². The van der Waals surface area contributed by atoms with Gasteiger partial charge in [-0.3, -0.25) is 4.79 Å². The molecular formula is C23H33N5O2S. The Morgan fingerprint density at radius 1 is 1.26 bits per heavy atom. The van der Waals surface area contributed by atoms with Crippen molar-refractivity contribution in [1.29, 1.82) is 0 Å². The predicted octanol–water partition coefficient (Wildman–Crippen LogP) is 3.29. The molecular weight excluding hydrogens is 410 g/mol. The summed E-state index contributed by atoms with van der Waals surface area (Å²) in [6.45, 7) is 8.70. The first kappa shape index (κ1) is 23.2. The topological polar surface area (TPSA) is 101 Å². The number of methoxy groups -OCH3 is 1. The number of H-pyrrole nitrogens is 1. The van der Waals surface area contributed by atoms with Crippen LogP contribution in [0, 0.1) is 0 Å². The number of thiol groups is 1. The fourth-order valence-electron chi connectivity index (χ4n) is 4.09. The number of nitrogens with two attached hydrogens (primary N) is 2. The fourth-order valence-corrected chi connectivity index (χ4v) is 4.28. The Hall–Kier alpha value is -2.42. The predicted molar refractivity (Wildman–Crippen MR) is 131 cm³/mol. The van der Waals surface area contributed by atoms with Crippen LogP contribution in [-0.4, -0.2) is 54.6 Å². The number of aromatic amines is 1. The lowest BCUT2D eigenvalue weighted by Gasteiger charge is -2.33. The molecule has 0 radical (unpaired) electrons. The first-order valence-corrected chi connectivity index (χ1v) is 11.0. The lowest BCUT2D eigenvalue weighted by atomic mass is 10.0. The number of amides is 1. The van der Waals surface area contributed by atoms with Gasteiger partial charge in [0.05, 0.1) is 17.2 Å². The van der Waals surface area contributed by atoms with Gasteiger partial charge in [0.1, 0.15) is 0 Å². The fraction of sp³-hybridized carbons (Fsp3) is 0.435. The van der Waals surface area contributed by atoms with Crippen LogP contribution in [0.5, 0.6) is 0 Å². The zero-order valence-corrected chi connectivity index (χ0v) is 19.3. The van der Waals surface area contributed by atoms with Gasteiger partial charge >= 0.3 is 0 Å². The summed E-state index contributed by atoms with van der Waals surface area (Å²) in [6.07, 6.45) is 5.47. The lowest BCUT2D eigenvalue weighted by Crippen LogP contribution is -2.36. The first-order valence-electron chi connectivity index (χ1n) is 10.6. The van der Waals surface area contributed by atoms with Crippen LogP contribution in [0.25, 0.3) is 16.5 Å². The molecule has 5 N–H and O–H groups in total. The van der Waals surface area contributed by atoms with E-state index in [1.54, 1.807) is 14.0 Å². The van der Waals surface area contributed by atoms with Crippen molar-refractivity contribution in [3.05, 3.63) is 47.8 Å². The maximum atomic E-state index is 12.0. The van der Waals surface area contributed by atoms with Gasteiger partial charge in [0.25, 0.3) is 5.91 Å². The van der Waals surface area contributed by atoms with Gasteiger partial charge < -0.3 is 26.1 Å². The summed E-state index contributed by atoms with van der Waals surface area (Å²) in [5.74, 6) is -0.405. The van der Waals surface area contributed by atoms with Crippen molar-refractivity contribution in [2.45, 2.75) is 32.3 Å². The summed E-state index contributed by atoms with van der Waals surface area (Å²) >= 11 is 4.41. The van der Waals surface area contributed by atoms with Crippen LogP contribution in [-0.2, 0) is 4.74 Å². The van der Waals surface area contributed by atoms with Gasteiger partial charge in [-0.1, -0.05) is 25.5 Å². The second-order valence-electron chi connectivity index (χ2n) is 8.13. The molecule has 1 saturated heterocycles. The SMILES string of the molecule is C=C(C)N.COC1CCN(c2ccc(C(N)=O)c3[nH]c(C4=CCN(S)CC4)cc23)CC1. The molecule has 2 aliphatic rings. The average molecular weight is 444 g/mol. The number of rotatable bonds is 4. The molecule has 0 bridgehead atoms. The minimum atomic E-state index is -0.405. The Kier molecular flexibility index (Phi) is 7.69. The molecule has 8 heteroatoms. The number of allylic oxidation sites excluding steroid dienone is 1. The highest BCUT2D eigenvalue weighted by Crippen LogP contribution is 2.35. The number of carbonyl (C=O) groups is 1. The van der Waals surface area contributed by atoms with Crippen molar-refractivity contribution in [2.24, 2.45) is 11.5 Å². The smallest absolute Gasteiger partial charge is 0.250 e. The number of nitrogens with zero attached hydrogens (tertiary/aromatic N) is 2. The minimum Gasteiger partial charge on any atom is -0.403 e. The van der Waals surface area contributed by atoms with E-state index in [1.165, 1.54) is 5.57 Å². The number of hydrogen-bond acceptors (Lipinski definition) is 6. The van der Waals surface area contributed by atoms with E-state index < -0.39 is 5.91 Å². The highest BCUT2D eigenvalue weighted by atomic mass is 32.1. The standard InChI is InChI=1S/C20H26N4O2S.C3H7N/c1-26-14-6-8-23(9-7-14)18-3-2-15(20(21)25)19-16(18)12-17(22-19)13-4-10-24(27)11-5-13;1-3(2)4/h2-4,12,14,22,27H,5-11H2,1H3,(H2,21,25);1,4H2,2H3. The number of carbonyl (C=O) groups excluding carboxylic acids is 1. The third kappa shape index (κ3) is 5.64. The number of primary amides is 1. The normalized spacial score (nSPS) is 17.8. The van der Waals surface area contributed by atoms with Gasteiger partial charge in [0.15, 0.2) is 0 Å². The summed E-state index contributed by atoms with van der Waals surface area (Å²) in [4.78, 5) is 17.8. The molecule has 1 amide bonds. The van der Waals surface area contributed by atoms with E-state index in [0.717, 1.165) is 67.7 Å². The molecule has 0 unspecified atom stereocenters. The maximum absolute atomic E-state index is 12.0. The molecule has 0 spiro atoms. The van der Waals surface area contributed by atoms with Crippen LogP contribution < -0.4 is 16.4 Å². The van der Waals surface area contributed by atoms with Crippen molar-refractivity contribution in [1.82, 2.24) is 9.29 Å². The van der Waals surface area contributed by atoms with Gasteiger partial charge in [0.2, 0.25) is 0 Å². The Morgan fingerprint density at radius 2 is 1.94 bits per heavy atom.